The summed E-state index contributed by atoms with van der Waals surface area (Å²) in [6.07, 6.45) is 0. The molecule has 1 aromatic heterocycles. The monoisotopic (exact) mass is 971 g/mol. The Balaban J connectivity index is 1.29. The Morgan fingerprint density at radius 1 is 0.338 bits per heavy atom. The van der Waals surface area contributed by atoms with E-state index in [9.17, 15) is 0 Å². The third-order valence-corrected chi connectivity index (χ3v) is 15.1. The Morgan fingerprint density at radius 2 is 0.716 bits per heavy atom. The summed E-state index contributed by atoms with van der Waals surface area (Å²) in [6, 6.07) is 67.3. The minimum absolute atomic E-state index is 0.0170. The van der Waals surface area contributed by atoms with Gasteiger partial charge in [0.05, 0.1) is 11.4 Å². The fraction of sp³-hybridized carbons (Fsp3) is 0.229. The van der Waals surface area contributed by atoms with Crippen molar-refractivity contribution in [2.75, 3.05) is 9.80 Å². The van der Waals surface area contributed by atoms with Crippen LogP contribution in [0.3, 0.4) is 0 Å². The summed E-state index contributed by atoms with van der Waals surface area (Å²) in [7, 11) is 0. The smallest absolute Gasteiger partial charge is 0.159 e. The molecule has 0 saturated carbocycles. The van der Waals surface area contributed by atoms with Crippen LogP contribution in [0.2, 0.25) is 0 Å². The molecule has 0 fully saturated rings. The van der Waals surface area contributed by atoms with Crippen LogP contribution in [-0.2, 0) is 21.7 Å². The van der Waals surface area contributed by atoms with Crippen molar-refractivity contribution in [2.24, 2.45) is 0 Å². The average Bonchev–Trinajstić information content (AvgIpc) is 3.74. The number of benzene rings is 9. The summed E-state index contributed by atoms with van der Waals surface area (Å²) in [4.78, 5) is 4.71. The lowest BCUT2D eigenvalue weighted by Gasteiger charge is -2.32. The molecule has 0 radical (unpaired) electrons. The van der Waals surface area contributed by atoms with Gasteiger partial charge in [-0.2, -0.15) is 0 Å². The maximum atomic E-state index is 16.5. The van der Waals surface area contributed by atoms with E-state index in [1.807, 2.05) is 6.07 Å². The van der Waals surface area contributed by atoms with Crippen LogP contribution in [0.5, 0.6) is 0 Å². The lowest BCUT2D eigenvalue weighted by Crippen LogP contribution is -2.15. The van der Waals surface area contributed by atoms with Gasteiger partial charge in [-0.05, 0) is 144 Å². The number of para-hydroxylation sites is 1. The van der Waals surface area contributed by atoms with Crippen molar-refractivity contribution in [3.63, 3.8) is 0 Å². The van der Waals surface area contributed by atoms with Gasteiger partial charge in [0.25, 0.3) is 0 Å². The average molecular weight is 971 g/mol. The van der Waals surface area contributed by atoms with Crippen LogP contribution in [0.4, 0.5) is 38.5 Å². The lowest BCUT2D eigenvalue weighted by molar-refractivity contribution is 0.590. The summed E-state index contributed by atoms with van der Waals surface area (Å²) in [6.45, 7) is 27.1. The molecule has 0 bridgehead atoms. The summed E-state index contributed by atoms with van der Waals surface area (Å²) in [5, 5.41) is 1.87. The molecule has 9 aromatic carbocycles. The van der Waals surface area contributed by atoms with Gasteiger partial charge in [-0.15, -0.1) is 0 Å². The van der Waals surface area contributed by atoms with E-state index in [4.69, 9.17) is 4.42 Å². The van der Waals surface area contributed by atoms with Gasteiger partial charge in [-0.1, -0.05) is 198 Å². The first-order valence-corrected chi connectivity index (χ1v) is 26.2. The third kappa shape index (κ3) is 8.58. The molecule has 1 aliphatic rings. The largest absolute Gasteiger partial charge is 0.454 e. The van der Waals surface area contributed by atoms with E-state index < -0.39 is 0 Å². The van der Waals surface area contributed by atoms with Crippen molar-refractivity contribution in [1.29, 1.82) is 0 Å². The highest BCUT2D eigenvalue weighted by molar-refractivity contribution is 6.23. The lowest BCUT2D eigenvalue weighted by atomic mass is 9.78. The highest BCUT2D eigenvalue weighted by Gasteiger charge is 2.33. The topological polar surface area (TPSA) is 19.6 Å². The van der Waals surface area contributed by atoms with Crippen molar-refractivity contribution in [2.45, 2.75) is 105 Å². The van der Waals surface area contributed by atoms with E-state index in [-0.39, 0.29) is 27.5 Å². The zero-order valence-corrected chi connectivity index (χ0v) is 45.1. The number of nitrogens with zero attached hydrogens (tertiary/aromatic N) is 2. The van der Waals surface area contributed by atoms with Crippen LogP contribution < -0.4 is 9.80 Å². The molecule has 0 unspecified atom stereocenters. The van der Waals surface area contributed by atoms with E-state index in [0.29, 0.717) is 5.58 Å². The molecule has 1 heterocycles. The zero-order valence-electron chi connectivity index (χ0n) is 45.1. The van der Waals surface area contributed by atoms with Crippen LogP contribution in [0.25, 0.3) is 66.4 Å². The minimum atomic E-state index is -0.302. The number of fused-ring (bicyclic) bond motifs is 12. The predicted octanol–water partition coefficient (Wildman–Crippen LogP) is 20.8. The fourth-order valence-corrected chi connectivity index (χ4v) is 11.0. The molecule has 1 aliphatic carbocycles. The predicted molar refractivity (Wildman–Crippen MR) is 313 cm³/mol. The minimum Gasteiger partial charge on any atom is -0.454 e. The molecule has 370 valence electrons. The van der Waals surface area contributed by atoms with Crippen LogP contribution in [0.1, 0.15) is 105 Å². The fourth-order valence-electron chi connectivity index (χ4n) is 11.0. The molecule has 0 spiro atoms. The molecule has 0 aliphatic heterocycles. The van der Waals surface area contributed by atoms with Crippen molar-refractivity contribution >= 4 is 56.1 Å². The molecular weight excluding hydrogens is 904 g/mol. The van der Waals surface area contributed by atoms with Gasteiger partial charge in [0.1, 0.15) is 11.4 Å². The number of hydrogen-bond acceptors (Lipinski definition) is 3. The number of rotatable bonds is 6. The van der Waals surface area contributed by atoms with E-state index in [2.05, 4.69) is 263 Å². The number of anilines is 6. The first-order chi connectivity index (χ1) is 35.1. The molecule has 10 aromatic rings. The van der Waals surface area contributed by atoms with Crippen molar-refractivity contribution in [3.8, 4) is 44.5 Å². The quantitative estimate of drug-likeness (QED) is 0.166. The molecule has 0 N–H and O–H groups in total. The Bertz CT molecular complexity index is 3620. The van der Waals surface area contributed by atoms with E-state index in [1.165, 1.54) is 22.3 Å². The van der Waals surface area contributed by atoms with Crippen molar-refractivity contribution < 1.29 is 8.81 Å². The van der Waals surface area contributed by atoms with Gasteiger partial charge in [-0.25, -0.2) is 4.39 Å². The van der Waals surface area contributed by atoms with Gasteiger partial charge >= 0.3 is 0 Å². The Morgan fingerprint density at radius 3 is 1.14 bits per heavy atom. The molecule has 11 rings (SSSR count). The highest BCUT2D eigenvalue weighted by Crippen LogP contribution is 2.57. The number of furan rings is 1. The molecule has 74 heavy (non-hydrogen) atoms. The summed E-state index contributed by atoms with van der Waals surface area (Å²) < 4.78 is 24.0. The van der Waals surface area contributed by atoms with Crippen LogP contribution in [0, 0.1) is 5.82 Å². The molecule has 3 nitrogen and oxygen atoms in total. The van der Waals surface area contributed by atoms with Gasteiger partial charge < -0.3 is 14.2 Å². The maximum absolute atomic E-state index is 16.5. The van der Waals surface area contributed by atoms with E-state index in [0.717, 1.165) is 95.0 Å². The van der Waals surface area contributed by atoms with Crippen molar-refractivity contribution in [1.82, 2.24) is 0 Å². The van der Waals surface area contributed by atoms with Crippen LogP contribution in [0.15, 0.2) is 192 Å². The molecule has 0 saturated heterocycles. The van der Waals surface area contributed by atoms with Crippen LogP contribution in [-0.4, -0.2) is 0 Å². The van der Waals surface area contributed by atoms with E-state index >= 15 is 4.39 Å². The van der Waals surface area contributed by atoms with Gasteiger partial charge in [0.2, 0.25) is 0 Å². The summed E-state index contributed by atoms with van der Waals surface area (Å²) in [5.41, 5.74) is 20.2. The first-order valence-electron chi connectivity index (χ1n) is 26.2. The standard InChI is InChI=1S/C70H67FN2O/c1-67(2,3)44-24-33-49(34-25-44)72(50-35-26-45(27-36-50)68(4,5)6)60-23-17-22-58-64-62(74-66(58)60)43-61(73(51-37-28-46(29-38-51)69(7,8)9)52-39-30-47(31-40-52)70(10,11)12)63-57-21-16-15-20-55(57)53-18-13-14-19-54(53)56-41-32-48(71)42-59(56)65(63)64/h13-43H,1-12H3. The Hall–Kier alpha value is -7.69. The van der Waals surface area contributed by atoms with Crippen LogP contribution >= 0.6 is 0 Å². The van der Waals surface area contributed by atoms with Crippen molar-refractivity contribution in [3.05, 3.63) is 216 Å². The maximum Gasteiger partial charge on any atom is 0.159 e. The van der Waals surface area contributed by atoms with Gasteiger partial charge in [0, 0.05) is 50.7 Å². The second-order valence-electron chi connectivity index (χ2n) is 24.4. The first kappa shape index (κ1) is 48.6. The second kappa shape index (κ2) is 17.8. The molecule has 4 heteroatoms. The third-order valence-electron chi connectivity index (χ3n) is 15.1. The molecule has 0 amide bonds. The SMILES string of the molecule is CC(C)(C)c1ccc(N(c2ccc(C(C)(C)C)cc2)c2cc3oc4c(N(c5ccc(C(C)(C)C)cc5)c5ccc(C(C)(C)C)cc5)cccc4c3c3c2-c2ccccc2-c2ccccc2-c2ccc(F)cc2-3)cc1. The second-order valence-corrected chi connectivity index (χ2v) is 24.4. The normalized spacial score (nSPS) is 12.7. The number of halogens is 1. The summed E-state index contributed by atoms with van der Waals surface area (Å²) >= 11 is 0. The molecular formula is C70H67FN2O. The highest BCUT2D eigenvalue weighted by atomic mass is 19.1. The Labute approximate surface area is 438 Å². The van der Waals surface area contributed by atoms with Gasteiger partial charge in [0.15, 0.2) is 5.58 Å². The zero-order chi connectivity index (χ0) is 52.1. The Kier molecular flexibility index (Phi) is 11.7. The number of hydrogen-bond donors (Lipinski definition) is 0. The van der Waals surface area contributed by atoms with E-state index in [1.54, 1.807) is 12.1 Å². The molecule has 0 atom stereocenters. The van der Waals surface area contributed by atoms with Gasteiger partial charge in [-0.3, -0.25) is 0 Å². The summed E-state index contributed by atoms with van der Waals surface area (Å²) in [5.74, 6) is -0.302.